The number of benzene rings is 1. The maximum absolute atomic E-state index is 12.7. The molecule has 0 radical (unpaired) electrons. The fourth-order valence-electron chi connectivity index (χ4n) is 2.86. The molecule has 3 rings (SSSR count). The van der Waals surface area contributed by atoms with Crippen LogP contribution in [-0.2, 0) is 9.53 Å². The second-order valence-corrected chi connectivity index (χ2v) is 7.43. The largest absolute Gasteiger partial charge is 0.452 e. The van der Waals surface area contributed by atoms with Crippen molar-refractivity contribution in [2.45, 2.75) is 32.7 Å². The van der Waals surface area contributed by atoms with Crippen LogP contribution >= 0.6 is 11.3 Å². The van der Waals surface area contributed by atoms with E-state index in [1.807, 2.05) is 54.8 Å². The molecule has 0 saturated carbocycles. The lowest BCUT2D eigenvalue weighted by Crippen LogP contribution is -2.35. The Bertz CT molecular complexity index is 920. The van der Waals surface area contributed by atoms with Crippen LogP contribution in [0.3, 0.4) is 0 Å². The highest BCUT2D eigenvalue weighted by Gasteiger charge is 2.21. The average molecular weight is 398 g/mol. The van der Waals surface area contributed by atoms with Crippen LogP contribution < -0.4 is 5.32 Å². The normalized spacial score (nSPS) is 11.8. The van der Waals surface area contributed by atoms with Crippen molar-refractivity contribution in [2.24, 2.45) is 0 Å². The molecule has 1 N–H and O–H groups in total. The Labute approximate surface area is 168 Å². The van der Waals surface area contributed by atoms with E-state index in [-0.39, 0.29) is 18.6 Å². The average Bonchev–Trinajstić information content (AvgIpc) is 3.36. The van der Waals surface area contributed by atoms with E-state index in [2.05, 4.69) is 17.3 Å². The Balaban J connectivity index is 1.77. The third-order valence-corrected chi connectivity index (χ3v) is 5.05. The monoisotopic (exact) mass is 397 g/mol. The zero-order chi connectivity index (χ0) is 19.9. The molecule has 3 aromatic rings. The minimum absolute atomic E-state index is 0.0544. The van der Waals surface area contributed by atoms with Gasteiger partial charge in [-0.1, -0.05) is 37.6 Å². The van der Waals surface area contributed by atoms with E-state index in [1.54, 1.807) is 10.9 Å². The Hall–Kier alpha value is -2.93. The Morgan fingerprint density at radius 1 is 1.21 bits per heavy atom. The molecule has 1 amide bonds. The van der Waals surface area contributed by atoms with Crippen LogP contribution in [0.4, 0.5) is 0 Å². The van der Waals surface area contributed by atoms with Gasteiger partial charge in [-0.2, -0.15) is 5.10 Å². The smallest absolute Gasteiger partial charge is 0.342 e. The summed E-state index contributed by atoms with van der Waals surface area (Å²) in [6, 6.07) is 13.4. The molecule has 0 aliphatic rings. The molecule has 1 atom stereocenters. The number of amides is 1. The predicted octanol–water partition coefficient (Wildman–Crippen LogP) is 4.06. The minimum Gasteiger partial charge on any atom is -0.452 e. The molecule has 6 nitrogen and oxygen atoms in total. The van der Waals surface area contributed by atoms with Crippen molar-refractivity contribution >= 4 is 23.2 Å². The fourth-order valence-corrected chi connectivity index (χ4v) is 3.59. The molecule has 7 heteroatoms. The first-order chi connectivity index (χ1) is 13.6. The topological polar surface area (TPSA) is 73.2 Å². The highest BCUT2D eigenvalue weighted by atomic mass is 32.1. The second kappa shape index (κ2) is 9.32. The maximum atomic E-state index is 12.7. The molecule has 2 heterocycles. The van der Waals surface area contributed by atoms with Crippen LogP contribution in [-0.4, -0.2) is 34.3 Å². The van der Waals surface area contributed by atoms with Gasteiger partial charge in [-0.3, -0.25) is 4.79 Å². The van der Waals surface area contributed by atoms with Crippen molar-refractivity contribution < 1.29 is 14.3 Å². The first kappa shape index (κ1) is 19.8. The number of esters is 1. The summed E-state index contributed by atoms with van der Waals surface area (Å²) in [6.45, 7) is 3.68. The van der Waals surface area contributed by atoms with Crippen molar-refractivity contribution in [3.05, 3.63) is 59.6 Å². The van der Waals surface area contributed by atoms with Crippen molar-refractivity contribution in [3.8, 4) is 16.3 Å². The molecule has 146 valence electrons. The molecule has 0 bridgehead atoms. The first-order valence-electron chi connectivity index (χ1n) is 9.24. The third kappa shape index (κ3) is 4.86. The summed E-state index contributed by atoms with van der Waals surface area (Å²) in [4.78, 5) is 25.5. The summed E-state index contributed by atoms with van der Waals surface area (Å²) in [7, 11) is 0. The lowest BCUT2D eigenvalue weighted by atomic mass is 10.2. The molecular formula is C21H23N3O3S. The van der Waals surface area contributed by atoms with E-state index < -0.39 is 5.97 Å². The number of para-hydroxylation sites is 1. The van der Waals surface area contributed by atoms with E-state index in [0.29, 0.717) is 11.3 Å². The molecule has 2 aromatic heterocycles. The zero-order valence-corrected chi connectivity index (χ0v) is 16.7. The van der Waals surface area contributed by atoms with Gasteiger partial charge in [-0.15, -0.1) is 11.3 Å². The van der Waals surface area contributed by atoms with E-state index in [1.165, 1.54) is 11.3 Å². The molecule has 0 fully saturated rings. The molecule has 0 aliphatic heterocycles. The third-order valence-electron chi connectivity index (χ3n) is 4.17. The first-order valence-corrected chi connectivity index (χ1v) is 10.1. The van der Waals surface area contributed by atoms with Crippen LogP contribution in [0.5, 0.6) is 0 Å². The maximum Gasteiger partial charge on any atom is 0.342 e. The summed E-state index contributed by atoms with van der Waals surface area (Å²) < 4.78 is 6.91. The summed E-state index contributed by atoms with van der Waals surface area (Å²) >= 11 is 1.49. The second-order valence-electron chi connectivity index (χ2n) is 6.48. The number of ether oxygens (including phenoxy) is 1. The van der Waals surface area contributed by atoms with Gasteiger partial charge in [0.25, 0.3) is 5.91 Å². The summed E-state index contributed by atoms with van der Waals surface area (Å²) in [6.07, 6.45) is 3.50. The van der Waals surface area contributed by atoms with Crippen LogP contribution in [0.25, 0.3) is 16.3 Å². The number of aromatic nitrogens is 2. The van der Waals surface area contributed by atoms with Gasteiger partial charge < -0.3 is 10.1 Å². The lowest BCUT2D eigenvalue weighted by Gasteiger charge is -2.12. The van der Waals surface area contributed by atoms with Crippen LogP contribution in [0.15, 0.2) is 54.0 Å². The highest BCUT2D eigenvalue weighted by molar-refractivity contribution is 7.13. The number of nitrogens with one attached hydrogen (secondary N) is 1. The number of thiophene rings is 1. The molecule has 0 aliphatic carbocycles. The van der Waals surface area contributed by atoms with Crippen LogP contribution in [0, 0.1) is 0 Å². The van der Waals surface area contributed by atoms with Gasteiger partial charge in [0.05, 0.1) is 10.6 Å². The Morgan fingerprint density at radius 2 is 2.00 bits per heavy atom. The van der Waals surface area contributed by atoms with E-state index in [4.69, 9.17) is 4.74 Å². The zero-order valence-electron chi connectivity index (χ0n) is 15.9. The van der Waals surface area contributed by atoms with Crippen molar-refractivity contribution in [1.29, 1.82) is 0 Å². The number of carbonyl (C=O) groups is 2. The van der Waals surface area contributed by atoms with Gasteiger partial charge >= 0.3 is 5.97 Å². The number of nitrogens with zero attached hydrogens (tertiary/aromatic N) is 2. The van der Waals surface area contributed by atoms with Crippen molar-refractivity contribution in [1.82, 2.24) is 15.1 Å². The molecule has 0 spiro atoms. The van der Waals surface area contributed by atoms with Crippen LogP contribution in [0.1, 0.15) is 37.0 Å². The van der Waals surface area contributed by atoms with Crippen LogP contribution in [0.2, 0.25) is 0 Å². The lowest BCUT2D eigenvalue weighted by molar-refractivity contribution is -0.124. The van der Waals surface area contributed by atoms with E-state index in [9.17, 15) is 9.59 Å². The number of hydrogen-bond donors (Lipinski definition) is 1. The Kier molecular flexibility index (Phi) is 6.60. The van der Waals surface area contributed by atoms with Crippen molar-refractivity contribution in [3.63, 3.8) is 0 Å². The summed E-state index contributed by atoms with van der Waals surface area (Å²) in [5.74, 6) is -0.869. The molecule has 0 unspecified atom stereocenters. The fraction of sp³-hybridized carbons (Fsp3) is 0.286. The van der Waals surface area contributed by atoms with E-state index in [0.717, 1.165) is 23.4 Å². The van der Waals surface area contributed by atoms with Gasteiger partial charge in [0.2, 0.25) is 0 Å². The van der Waals surface area contributed by atoms with Gasteiger partial charge in [0, 0.05) is 12.2 Å². The Morgan fingerprint density at radius 3 is 2.68 bits per heavy atom. The molecular weight excluding hydrogens is 374 g/mol. The summed E-state index contributed by atoms with van der Waals surface area (Å²) in [5.41, 5.74) is 1.72. The van der Waals surface area contributed by atoms with Gasteiger partial charge in [-0.25, -0.2) is 9.48 Å². The highest BCUT2D eigenvalue weighted by Crippen LogP contribution is 2.28. The predicted molar refractivity (Wildman–Crippen MR) is 110 cm³/mol. The van der Waals surface area contributed by atoms with Gasteiger partial charge in [0.15, 0.2) is 6.61 Å². The van der Waals surface area contributed by atoms with Gasteiger partial charge in [-0.05, 0) is 36.9 Å². The van der Waals surface area contributed by atoms with Gasteiger partial charge in [0.1, 0.15) is 11.3 Å². The summed E-state index contributed by atoms with van der Waals surface area (Å²) in [5, 5.41) is 9.32. The SMILES string of the molecule is CCC[C@H](C)NC(=O)COC(=O)c1cn(-c2ccccc2)nc1-c1cccs1. The molecule has 28 heavy (non-hydrogen) atoms. The standard InChI is InChI=1S/C21H23N3O3S/c1-3-8-15(2)22-19(25)14-27-21(26)17-13-24(16-9-5-4-6-10-16)23-20(17)18-11-7-12-28-18/h4-7,9-13,15H,3,8,14H2,1-2H3,(H,22,25)/t15-/m0/s1. The number of hydrogen-bond acceptors (Lipinski definition) is 5. The number of carbonyl (C=O) groups excluding carboxylic acids is 2. The molecule has 0 saturated heterocycles. The van der Waals surface area contributed by atoms with Crippen molar-refractivity contribution in [2.75, 3.05) is 6.61 Å². The number of rotatable bonds is 8. The molecule has 1 aromatic carbocycles. The minimum atomic E-state index is -0.566. The quantitative estimate of drug-likeness (QED) is 0.582. The van der Waals surface area contributed by atoms with E-state index >= 15 is 0 Å².